The maximum atomic E-state index is 3.77. The molecule has 0 spiro atoms. The van der Waals surface area contributed by atoms with Crippen LogP contribution in [-0.2, 0) is 6.42 Å². The van der Waals surface area contributed by atoms with E-state index in [-0.39, 0.29) is 0 Å². The molecule has 0 heterocycles. The Bertz CT molecular complexity index is 650. The normalized spacial score (nSPS) is 35.5. The van der Waals surface area contributed by atoms with Crippen molar-refractivity contribution in [2.24, 2.45) is 22.7 Å². The number of rotatable bonds is 4. The zero-order valence-corrected chi connectivity index (χ0v) is 17.7. The first kappa shape index (κ1) is 19.1. The fourth-order valence-electron chi connectivity index (χ4n) is 6.51. The molecule has 2 bridgehead atoms. The van der Waals surface area contributed by atoms with E-state index in [1.807, 2.05) is 0 Å². The quantitative estimate of drug-likeness (QED) is 0.485. The number of hydrogen-bond donors (Lipinski definition) is 0. The van der Waals surface area contributed by atoms with Gasteiger partial charge in [0.25, 0.3) is 0 Å². The molecule has 4 fully saturated rings. The van der Waals surface area contributed by atoms with Crippen LogP contribution in [0.15, 0.2) is 24.3 Å². The Morgan fingerprint density at radius 3 is 2.04 bits per heavy atom. The first-order valence-corrected chi connectivity index (χ1v) is 11.8. The molecule has 1 aromatic rings. The molecule has 0 unspecified atom stereocenters. The molecule has 0 heteroatoms. The molecule has 0 aromatic heterocycles. The van der Waals surface area contributed by atoms with Crippen molar-refractivity contribution in [3.8, 4) is 11.8 Å². The van der Waals surface area contributed by atoms with Gasteiger partial charge >= 0.3 is 0 Å². The fraction of sp³-hybridized carbons (Fsp3) is 0.704. The minimum absolute atomic E-state index is 0.338. The third-order valence-electron chi connectivity index (χ3n) is 8.55. The van der Waals surface area contributed by atoms with E-state index in [2.05, 4.69) is 50.0 Å². The van der Waals surface area contributed by atoms with Crippen molar-refractivity contribution in [3.63, 3.8) is 0 Å². The van der Waals surface area contributed by atoms with E-state index >= 15 is 0 Å². The third kappa shape index (κ3) is 3.99. The monoisotopic (exact) mass is 362 g/mol. The summed E-state index contributed by atoms with van der Waals surface area (Å²) in [5, 5.41) is 0. The number of hydrogen-bond acceptors (Lipinski definition) is 0. The van der Waals surface area contributed by atoms with Gasteiger partial charge in [0.2, 0.25) is 0 Å². The second kappa shape index (κ2) is 8.03. The summed E-state index contributed by atoms with van der Waals surface area (Å²) in [5.74, 6) is 9.38. The summed E-state index contributed by atoms with van der Waals surface area (Å²) in [6.45, 7) is 4.57. The van der Waals surface area contributed by atoms with Crippen LogP contribution in [0.4, 0.5) is 0 Å². The lowest BCUT2D eigenvalue weighted by Gasteiger charge is -2.56. The molecule has 146 valence electrons. The van der Waals surface area contributed by atoms with Gasteiger partial charge in [-0.3, -0.25) is 0 Å². The minimum Gasteiger partial charge on any atom is -0.0911 e. The van der Waals surface area contributed by atoms with Gasteiger partial charge in [0.15, 0.2) is 0 Å². The second-order valence-corrected chi connectivity index (χ2v) is 9.95. The highest BCUT2D eigenvalue weighted by atomic mass is 14.6. The summed E-state index contributed by atoms with van der Waals surface area (Å²) < 4.78 is 0. The van der Waals surface area contributed by atoms with Crippen LogP contribution in [0, 0.1) is 34.5 Å². The van der Waals surface area contributed by atoms with E-state index < -0.39 is 0 Å². The average Bonchev–Trinajstić information content (AvgIpc) is 2.75. The van der Waals surface area contributed by atoms with Crippen LogP contribution >= 0.6 is 0 Å². The van der Waals surface area contributed by atoms with Crippen molar-refractivity contribution in [3.05, 3.63) is 35.4 Å². The average molecular weight is 363 g/mol. The van der Waals surface area contributed by atoms with Gasteiger partial charge in [0.1, 0.15) is 0 Å². The van der Waals surface area contributed by atoms with Crippen LogP contribution in [0.5, 0.6) is 0 Å². The Labute approximate surface area is 167 Å². The Kier molecular flexibility index (Phi) is 5.68. The highest BCUT2D eigenvalue weighted by molar-refractivity contribution is 5.38. The molecule has 4 saturated carbocycles. The lowest BCUT2D eigenvalue weighted by Crippen LogP contribution is -2.45. The van der Waals surface area contributed by atoms with Crippen LogP contribution in [0.25, 0.3) is 0 Å². The molecule has 5 rings (SSSR count). The third-order valence-corrected chi connectivity index (χ3v) is 8.55. The summed E-state index contributed by atoms with van der Waals surface area (Å²) in [4.78, 5) is 0. The van der Waals surface area contributed by atoms with Crippen molar-refractivity contribution < 1.29 is 0 Å². The van der Waals surface area contributed by atoms with E-state index in [1.165, 1.54) is 88.2 Å². The van der Waals surface area contributed by atoms with Crippen molar-refractivity contribution in [1.82, 2.24) is 0 Å². The van der Waals surface area contributed by atoms with Gasteiger partial charge in [-0.15, -0.1) is 0 Å². The molecule has 0 saturated heterocycles. The number of benzene rings is 1. The molecule has 4 aliphatic rings. The predicted octanol–water partition coefficient (Wildman–Crippen LogP) is 7.55. The molecule has 0 N–H and O–H groups in total. The molecular weight excluding hydrogens is 324 g/mol. The summed E-state index contributed by atoms with van der Waals surface area (Å²) in [7, 11) is 0. The predicted molar refractivity (Wildman–Crippen MR) is 116 cm³/mol. The largest absolute Gasteiger partial charge is 0.0911 e. The van der Waals surface area contributed by atoms with E-state index in [0.29, 0.717) is 10.8 Å². The van der Waals surface area contributed by atoms with Gasteiger partial charge in [-0.1, -0.05) is 63.5 Å². The molecule has 0 radical (unpaired) electrons. The topological polar surface area (TPSA) is 0 Å². The van der Waals surface area contributed by atoms with Crippen LogP contribution < -0.4 is 0 Å². The Hall–Kier alpha value is -1.22. The molecule has 27 heavy (non-hydrogen) atoms. The van der Waals surface area contributed by atoms with Crippen molar-refractivity contribution in [1.29, 1.82) is 0 Å². The van der Waals surface area contributed by atoms with E-state index in [1.54, 1.807) is 0 Å². The van der Waals surface area contributed by atoms with Crippen LogP contribution in [-0.4, -0.2) is 0 Å². The van der Waals surface area contributed by atoms with Crippen molar-refractivity contribution in [2.75, 3.05) is 0 Å². The molecule has 0 amide bonds. The molecule has 4 aliphatic carbocycles. The maximum Gasteiger partial charge on any atom is 0.0319 e. The van der Waals surface area contributed by atoms with Crippen molar-refractivity contribution in [2.45, 2.75) is 97.3 Å². The molecule has 0 aliphatic heterocycles. The Morgan fingerprint density at radius 1 is 0.852 bits per heavy atom. The van der Waals surface area contributed by atoms with Crippen LogP contribution in [0.3, 0.4) is 0 Å². The molecular formula is C27H38. The summed E-state index contributed by atoms with van der Waals surface area (Å²) in [5.41, 5.74) is 3.65. The lowest BCUT2D eigenvalue weighted by molar-refractivity contribution is -0.0378. The van der Waals surface area contributed by atoms with Gasteiger partial charge < -0.3 is 0 Å². The fourth-order valence-corrected chi connectivity index (χ4v) is 6.51. The van der Waals surface area contributed by atoms with Gasteiger partial charge in [-0.05, 0) is 92.7 Å². The van der Waals surface area contributed by atoms with Gasteiger partial charge in [-0.25, -0.2) is 0 Å². The molecule has 1 aromatic carbocycles. The molecule has 0 atom stereocenters. The summed E-state index contributed by atoms with van der Waals surface area (Å²) >= 11 is 0. The zero-order chi connectivity index (χ0) is 18.7. The minimum atomic E-state index is 0.338. The van der Waals surface area contributed by atoms with E-state index in [0.717, 1.165) is 18.3 Å². The Balaban J connectivity index is 1.37. The van der Waals surface area contributed by atoms with Gasteiger partial charge in [0, 0.05) is 11.0 Å². The van der Waals surface area contributed by atoms with Gasteiger partial charge in [-0.2, -0.15) is 0 Å². The standard InChI is InChI=1S/C27H38/c1-3-5-23-10-12-25(13-11-23)27-19-16-26(17-20-27,18-21-27)15-14-24-8-6-22(4-2)7-9-24/h6-9,23,25H,3-5,10-13,16-21H2,1-2H3/t23-,25-,26?,27?. The molecule has 0 nitrogen and oxygen atoms in total. The Morgan fingerprint density at radius 2 is 1.48 bits per heavy atom. The number of aryl methyl sites for hydroxylation is 1. The highest BCUT2D eigenvalue weighted by Gasteiger charge is 2.51. The lowest BCUT2D eigenvalue weighted by atomic mass is 9.48. The van der Waals surface area contributed by atoms with Crippen LogP contribution in [0.1, 0.15) is 102 Å². The zero-order valence-electron chi connectivity index (χ0n) is 17.7. The van der Waals surface area contributed by atoms with Gasteiger partial charge in [0.05, 0.1) is 0 Å². The maximum absolute atomic E-state index is 3.77. The van der Waals surface area contributed by atoms with E-state index in [4.69, 9.17) is 0 Å². The smallest absolute Gasteiger partial charge is 0.0319 e. The SMILES string of the molecule is CCC[C@H]1CC[C@H](C23CCC(C#Cc4ccc(CC)cc4)(CC2)CC3)CC1. The van der Waals surface area contributed by atoms with Crippen LogP contribution in [0.2, 0.25) is 0 Å². The second-order valence-electron chi connectivity index (χ2n) is 9.95. The number of fused-ring (bicyclic) bond motifs is 3. The van der Waals surface area contributed by atoms with Crippen molar-refractivity contribution >= 4 is 0 Å². The summed E-state index contributed by atoms with van der Waals surface area (Å²) in [6.07, 6.45) is 18.5. The first-order valence-electron chi connectivity index (χ1n) is 11.8. The highest BCUT2D eigenvalue weighted by Crippen LogP contribution is 2.62. The van der Waals surface area contributed by atoms with E-state index in [9.17, 15) is 0 Å². The first-order chi connectivity index (χ1) is 13.2. The summed E-state index contributed by atoms with van der Waals surface area (Å²) in [6, 6.07) is 8.91.